The molecule has 1 amide bonds. The van der Waals surface area contributed by atoms with Gasteiger partial charge < -0.3 is 9.64 Å². The Bertz CT molecular complexity index is 722. The van der Waals surface area contributed by atoms with Gasteiger partial charge in [-0.15, -0.1) is 0 Å². The predicted molar refractivity (Wildman–Crippen MR) is 92.7 cm³/mol. The molecular formula is C17H26N2O4S. The summed E-state index contributed by atoms with van der Waals surface area (Å²) in [7, 11) is -0.188. The minimum absolute atomic E-state index is 0.0120. The van der Waals surface area contributed by atoms with Crippen LogP contribution in [-0.2, 0) is 14.8 Å². The van der Waals surface area contributed by atoms with Crippen molar-refractivity contribution in [2.24, 2.45) is 0 Å². The molecule has 1 aliphatic rings. The first-order valence-corrected chi connectivity index (χ1v) is 9.52. The van der Waals surface area contributed by atoms with Crippen molar-refractivity contribution in [3.8, 4) is 5.75 Å². The maximum atomic E-state index is 13.0. The van der Waals surface area contributed by atoms with Gasteiger partial charge in [0.05, 0.1) is 12.0 Å². The van der Waals surface area contributed by atoms with Crippen molar-refractivity contribution in [1.29, 1.82) is 0 Å². The Hall–Kier alpha value is -1.60. The zero-order chi connectivity index (χ0) is 18.1. The van der Waals surface area contributed by atoms with Gasteiger partial charge in [-0.1, -0.05) is 0 Å². The molecule has 0 aromatic heterocycles. The van der Waals surface area contributed by atoms with Crippen LogP contribution in [0.3, 0.4) is 0 Å². The Morgan fingerprint density at radius 1 is 1.21 bits per heavy atom. The zero-order valence-corrected chi connectivity index (χ0v) is 15.8. The van der Waals surface area contributed by atoms with Crippen LogP contribution in [0.15, 0.2) is 17.0 Å². The van der Waals surface area contributed by atoms with E-state index in [-0.39, 0.29) is 11.9 Å². The first kappa shape index (κ1) is 18.7. The Morgan fingerprint density at radius 3 is 2.29 bits per heavy atom. The van der Waals surface area contributed by atoms with Gasteiger partial charge in [-0.2, -0.15) is 4.31 Å². The molecule has 0 saturated carbocycles. The van der Waals surface area contributed by atoms with E-state index in [1.807, 2.05) is 6.92 Å². The Labute approximate surface area is 144 Å². The summed E-state index contributed by atoms with van der Waals surface area (Å²) >= 11 is 0. The molecule has 24 heavy (non-hydrogen) atoms. The van der Waals surface area contributed by atoms with Crippen molar-refractivity contribution in [3.05, 3.63) is 23.3 Å². The number of amides is 1. The van der Waals surface area contributed by atoms with Gasteiger partial charge in [0.1, 0.15) is 5.75 Å². The molecule has 1 aromatic rings. The van der Waals surface area contributed by atoms with E-state index in [4.69, 9.17) is 4.74 Å². The third-order valence-corrected chi connectivity index (χ3v) is 7.04. The smallest absolute Gasteiger partial charge is 0.243 e. The largest absolute Gasteiger partial charge is 0.496 e. The molecule has 0 unspecified atom stereocenters. The lowest BCUT2D eigenvalue weighted by molar-refractivity contribution is -0.130. The second kappa shape index (κ2) is 7.11. The SMILES string of the molecule is COc1ccc(S(=O)(=O)N2CCC(N(C)C(C)=O)CC2)c(C)c1C. The number of carbonyl (C=O) groups excluding carboxylic acids is 1. The summed E-state index contributed by atoms with van der Waals surface area (Å²) in [5, 5.41) is 0. The number of hydrogen-bond donors (Lipinski definition) is 0. The topological polar surface area (TPSA) is 66.9 Å². The number of benzene rings is 1. The van der Waals surface area contributed by atoms with Crippen LogP contribution in [-0.4, -0.2) is 56.8 Å². The van der Waals surface area contributed by atoms with E-state index in [2.05, 4.69) is 0 Å². The quantitative estimate of drug-likeness (QED) is 0.829. The van der Waals surface area contributed by atoms with Crippen LogP contribution in [0.2, 0.25) is 0 Å². The number of hydrogen-bond acceptors (Lipinski definition) is 4. The van der Waals surface area contributed by atoms with E-state index < -0.39 is 10.0 Å². The van der Waals surface area contributed by atoms with Crippen LogP contribution >= 0.6 is 0 Å². The second-order valence-corrected chi connectivity index (χ2v) is 8.19. The third kappa shape index (κ3) is 3.42. The number of piperidine rings is 1. The van der Waals surface area contributed by atoms with Crippen LogP contribution in [0.25, 0.3) is 0 Å². The van der Waals surface area contributed by atoms with Crippen LogP contribution in [0.5, 0.6) is 5.75 Å². The van der Waals surface area contributed by atoms with Crippen LogP contribution in [0.1, 0.15) is 30.9 Å². The average molecular weight is 354 g/mol. The van der Waals surface area contributed by atoms with Crippen LogP contribution in [0.4, 0.5) is 0 Å². The molecule has 1 aliphatic heterocycles. The lowest BCUT2D eigenvalue weighted by Crippen LogP contribution is -2.46. The Kier molecular flexibility index (Phi) is 5.55. The van der Waals surface area contributed by atoms with E-state index in [1.54, 1.807) is 38.1 Å². The summed E-state index contributed by atoms with van der Waals surface area (Å²) in [5.74, 6) is 0.700. The van der Waals surface area contributed by atoms with E-state index in [1.165, 1.54) is 11.2 Å². The molecule has 0 bridgehead atoms. The fourth-order valence-corrected chi connectivity index (χ4v) is 4.89. The number of rotatable bonds is 4. The minimum Gasteiger partial charge on any atom is -0.496 e. The van der Waals surface area contributed by atoms with E-state index in [0.29, 0.717) is 36.6 Å². The highest BCUT2D eigenvalue weighted by atomic mass is 32.2. The molecule has 0 atom stereocenters. The van der Waals surface area contributed by atoms with Crippen molar-refractivity contribution < 1.29 is 17.9 Å². The summed E-state index contributed by atoms with van der Waals surface area (Å²) in [6.45, 7) is 6.05. The molecule has 1 saturated heterocycles. The maximum absolute atomic E-state index is 13.0. The summed E-state index contributed by atoms with van der Waals surface area (Å²) in [6.07, 6.45) is 1.31. The first-order chi connectivity index (χ1) is 11.2. The molecule has 7 heteroatoms. The fourth-order valence-electron chi connectivity index (χ4n) is 3.14. The van der Waals surface area contributed by atoms with Gasteiger partial charge in [0.15, 0.2) is 0 Å². The zero-order valence-electron chi connectivity index (χ0n) is 15.0. The van der Waals surface area contributed by atoms with Gasteiger partial charge in [0.25, 0.3) is 0 Å². The van der Waals surface area contributed by atoms with Gasteiger partial charge in [-0.3, -0.25) is 4.79 Å². The first-order valence-electron chi connectivity index (χ1n) is 8.08. The highest BCUT2D eigenvalue weighted by molar-refractivity contribution is 7.89. The Balaban J connectivity index is 2.21. The summed E-state index contributed by atoms with van der Waals surface area (Å²) in [5.41, 5.74) is 1.56. The molecule has 1 aromatic carbocycles. The number of methoxy groups -OCH3 is 1. The van der Waals surface area contributed by atoms with E-state index in [0.717, 1.165) is 11.1 Å². The van der Waals surface area contributed by atoms with Crippen LogP contribution in [0, 0.1) is 13.8 Å². The molecule has 0 radical (unpaired) electrons. The fraction of sp³-hybridized carbons (Fsp3) is 0.588. The molecule has 0 N–H and O–H groups in total. The normalized spacial score (nSPS) is 16.9. The molecule has 2 rings (SSSR count). The molecule has 1 heterocycles. The van der Waals surface area contributed by atoms with Gasteiger partial charge >= 0.3 is 0 Å². The highest BCUT2D eigenvalue weighted by Gasteiger charge is 2.32. The molecule has 134 valence electrons. The number of carbonyl (C=O) groups is 1. The molecule has 6 nitrogen and oxygen atoms in total. The van der Waals surface area contributed by atoms with Crippen molar-refractivity contribution in [3.63, 3.8) is 0 Å². The maximum Gasteiger partial charge on any atom is 0.243 e. The Morgan fingerprint density at radius 2 is 1.79 bits per heavy atom. The van der Waals surface area contributed by atoms with Crippen molar-refractivity contribution in [2.45, 2.75) is 44.6 Å². The molecule has 0 spiro atoms. The predicted octanol–water partition coefficient (Wildman–Crippen LogP) is 1.94. The van der Waals surface area contributed by atoms with Crippen molar-refractivity contribution in [2.75, 3.05) is 27.2 Å². The summed E-state index contributed by atoms with van der Waals surface area (Å²) in [4.78, 5) is 13.5. The van der Waals surface area contributed by atoms with Crippen molar-refractivity contribution >= 4 is 15.9 Å². The van der Waals surface area contributed by atoms with Crippen molar-refractivity contribution in [1.82, 2.24) is 9.21 Å². The lowest BCUT2D eigenvalue weighted by Gasteiger charge is -2.36. The van der Waals surface area contributed by atoms with Gasteiger partial charge in [-0.25, -0.2) is 8.42 Å². The average Bonchev–Trinajstić information content (AvgIpc) is 2.56. The summed E-state index contributed by atoms with van der Waals surface area (Å²) in [6, 6.07) is 3.42. The second-order valence-electron chi connectivity index (χ2n) is 6.28. The van der Waals surface area contributed by atoms with Gasteiger partial charge in [-0.05, 0) is 49.9 Å². The van der Waals surface area contributed by atoms with E-state index >= 15 is 0 Å². The number of sulfonamides is 1. The third-order valence-electron chi connectivity index (χ3n) is 4.99. The number of nitrogens with zero attached hydrogens (tertiary/aromatic N) is 2. The van der Waals surface area contributed by atoms with Crippen LogP contribution < -0.4 is 4.74 Å². The minimum atomic E-state index is -3.54. The molecule has 1 fully saturated rings. The highest BCUT2D eigenvalue weighted by Crippen LogP contribution is 2.30. The summed E-state index contributed by atoms with van der Waals surface area (Å²) < 4.78 is 32.7. The number of ether oxygens (including phenoxy) is 1. The standard InChI is InChI=1S/C17H26N2O4S/c1-12-13(2)17(7-6-16(12)23-5)24(21,22)19-10-8-15(9-11-19)18(4)14(3)20/h6-7,15H,8-11H2,1-5H3. The molecular weight excluding hydrogens is 328 g/mol. The monoisotopic (exact) mass is 354 g/mol. The van der Waals surface area contributed by atoms with Gasteiger partial charge in [0.2, 0.25) is 15.9 Å². The lowest BCUT2D eigenvalue weighted by atomic mass is 10.1. The van der Waals surface area contributed by atoms with Gasteiger partial charge in [0, 0.05) is 33.1 Å². The molecule has 0 aliphatic carbocycles. The van der Waals surface area contributed by atoms with E-state index in [9.17, 15) is 13.2 Å².